The Morgan fingerprint density at radius 2 is 2.00 bits per heavy atom. The van der Waals surface area contributed by atoms with Crippen molar-refractivity contribution in [3.05, 3.63) is 0 Å². The molecule has 0 bridgehead atoms. The minimum atomic E-state index is -0.542. The Hall–Kier alpha value is -0.730. The van der Waals surface area contributed by atoms with Crippen molar-refractivity contribution in [2.24, 2.45) is 17.8 Å². The summed E-state index contributed by atoms with van der Waals surface area (Å²) in [6, 6.07) is 0. The van der Waals surface area contributed by atoms with Crippen molar-refractivity contribution in [1.29, 1.82) is 0 Å². The number of methoxy groups -OCH3 is 1. The third-order valence-electron chi connectivity index (χ3n) is 3.38. The van der Waals surface area contributed by atoms with E-state index in [4.69, 9.17) is 4.74 Å². The molecular weight excluding hydrogens is 192 g/mol. The van der Waals surface area contributed by atoms with Crippen LogP contribution in [0.5, 0.6) is 0 Å². The lowest BCUT2D eigenvalue weighted by molar-refractivity contribution is -0.0248. The average Bonchev–Trinajstić information content (AvgIpc) is 2.17. The van der Waals surface area contributed by atoms with Crippen LogP contribution >= 0.6 is 0 Å². The predicted octanol–water partition coefficient (Wildman–Crippen LogP) is 3.23. The van der Waals surface area contributed by atoms with Crippen LogP contribution in [-0.4, -0.2) is 19.4 Å². The molecule has 0 aromatic heterocycles. The molecule has 1 rings (SSSR count). The van der Waals surface area contributed by atoms with E-state index in [9.17, 15) is 4.79 Å². The number of carbonyl (C=O) groups is 1. The largest absolute Gasteiger partial charge is 0.508 e. The van der Waals surface area contributed by atoms with Crippen LogP contribution in [0.15, 0.2) is 0 Å². The first-order valence-corrected chi connectivity index (χ1v) is 5.79. The minimum Gasteiger partial charge on any atom is -0.438 e. The van der Waals surface area contributed by atoms with Gasteiger partial charge in [0.15, 0.2) is 0 Å². The number of hydrogen-bond acceptors (Lipinski definition) is 3. The van der Waals surface area contributed by atoms with Gasteiger partial charge in [-0.1, -0.05) is 27.2 Å². The van der Waals surface area contributed by atoms with Gasteiger partial charge in [0.05, 0.1) is 7.11 Å². The van der Waals surface area contributed by atoms with E-state index >= 15 is 0 Å². The monoisotopic (exact) mass is 214 g/mol. The standard InChI is InChI=1S/C12H22O3/c1-8(2)10-6-5-9(3)7-11(10)15-12(13)14-4/h8-11H,5-7H2,1-4H3/t9-,10?,11?/m0/s1. The van der Waals surface area contributed by atoms with E-state index in [1.807, 2.05) is 0 Å². The van der Waals surface area contributed by atoms with Crippen LogP contribution in [0, 0.1) is 17.8 Å². The molecule has 1 aliphatic rings. The number of hydrogen-bond donors (Lipinski definition) is 0. The lowest BCUT2D eigenvalue weighted by atomic mass is 9.75. The summed E-state index contributed by atoms with van der Waals surface area (Å²) in [5.41, 5.74) is 0. The van der Waals surface area contributed by atoms with Crippen molar-refractivity contribution >= 4 is 6.16 Å². The van der Waals surface area contributed by atoms with Crippen molar-refractivity contribution in [2.45, 2.75) is 46.1 Å². The van der Waals surface area contributed by atoms with Gasteiger partial charge in [-0.2, -0.15) is 0 Å². The molecule has 0 amide bonds. The lowest BCUT2D eigenvalue weighted by Gasteiger charge is -2.36. The maximum Gasteiger partial charge on any atom is 0.508 e. The average molecular weight is 214 g/mol. The highest BCUT2D eigenvalue weighted by atomic mass is 16.7. The number of carbonyl (C=O) groups excluding carboxylic acids is 1. The maximum absolute atomic E-state index is 11.1. The third kappa shape index (κ3) is 3.40. The zero-order chi connectivity index (χ0) is 11.4. The summed E-state index contributed by atoms with van der Waals surface area (Å²) in [6.45, 7) is 6.59. The summed E-state index contributed by atoms with van der Waals surface area (Å²) in [6.07, 6.45) is 2.86. The molecule has 0 aromatic carbocycles. The Balaban J connectivity index is 2.57. The van der Waals surface area contributed by atoms with Crippen LogP contribution in [-0.2, 0) is 9.47 Å². The zero-order valence-electron chi connectivity index (χ0n) is 10.2. The van der Waals surface area contributed by atoms with Crippen LogP contribution in [0.4, 0.5) is 4.79 Å². The van der Waals surface area contributed by atoms with Gasteiger partial charge in [0.1, 0.15) is 6.10 Å². The summed E-state index contributed by atoms with van der Waals surface area (Å²) >= 11 is 0. The fraction of sp³-hybridized carbons (Fsp3) is 0.917. The second kappa shape index (κ2) is 5.38. The molecule has 0 saturated heterocycles. The summed E-state index contributed by atoms with van der Waals surface area (Å²) in [7, 11) is 1.36. The topological polar surface area (TPSA) is 35.5 Å². The Kier molecular flexibility index (Phi) is 4.43. The van der Waals surface area contributed by atoms with Crippen molar-refractivity contribution in [1.82, 2.24) is 0 Å². The van der Waals surface area contributed by atoms with Crippen LogP contribution in [0.25, 0.3) is 0 Å². The molecule has 3 atom stereocenters. The smallest absolute Gasteiger partial charge is 0.438 e. The van der Waals surface area contributed by atoms with Crippen LogP contribution in [0.2, 0.25) is 0 Å². The van der Waals surface area contributed by atoms with Crippen molar-refractivity contribution in [2.75, 3.05) is 7.11 Å². The first kappa shape index (κ1) is 12.3. The van der Waals surface area contributed by atoms with Crippen LogP contribution < -0.4 is 0 Å². The van der Waals surface area contributed by atoms with E-state index < -0.39 is 6.16 Å². The first-order chi connectivity index (χ1) is 7.04. The van der Waals surface area contributed by atoms with Gasteiger partial charge in [-0.15, -0.1) is 0 Å². The molecule has 0 N–H and O–H groups in total. The van der Waals surface area contributed by atoms with Gasteiger partial charge in [-0.3, -0.25) is 0 Å². The molecule has 3 heteroatoms. The van der Waals surface area contributed by atoms with E-state index in [2.05, 4.69) is 25.5 Å². The van der Waals surface area contributed by atoms with E-state index in [-0.39, 0.29) is 6.10 Å². The summed E-state index contributed by atoms with van der Waals surface area (Å²) in [5.74, 6) is 1.70. The van der Waals surface area contributed by atoms with Gasteiger partial charge in [-0.25, -0.2) is 4.79 Å². The van der Waals surface area contributed by atoms with Crippen LogP contribution in [0.3, 0.4) is 0 Å². The maximum atomic E-state index is 11.1. The molecule has 0 aromatic rings. The second-order valence-electron chi connectivity index (χ2n) is 4.94. The van der Waals surface area contributed by atoms with Crippen LogP contribution in [0.1, 0.15) is 40.0 Å². The van der Waals surface area contributed by atoms with Crippen molar-refractivity contribution in [3.8, 4) is 0 Å². The van der Waals surface area contributed by atoms with E-state index in [1.54, 1.807) is 0 Å². The zero-order valence-corrected chi connectivity index (χ0v) is 10.2. The third-order valence-corrected chi connectivity index (χ3v) is 3.38. The van der Waals surface area contributed by atoms with E-state index in [0.29, 0.717) is 17.8 Å². The Morgan fingerprint density at radius 3 is 2.53 bits per heavy atom. The molecule has 1 saturated carbocycles. The van der Waals surface area contributed by atoms with E-state index in [0.717, 1.165) is 12.8 Å². The number of ether oxygens (including phenoxy) is 2. The molecule has 88 valence electrons. The fourth-order valence-corrected chi connectivity index (χ4v) is 2.42. The molecule has 0 aliphatic heterocycles. The second-order valence-corrected chi connectivity index (χ2v) is 4.94. The molecule has 1 fully saturated rings. The summed E-state index contributed by atoms with van der Waals surface area (Å²) in [5, 5.41) is 0. The SMILES string of the molecule is COC(=O)OC1C[C@@H](C)CCC1C(C)C. The van der Waals surface area contributed by atoms with Crippen molar-refractivity contribution in [3.63, 3.8) is 0 Å². The fourth-order valence-electron chi connectivity index (χ4n) is 2.42. The summed E-state index contributed by atoms with van der Waals surface area (Å²) in [4.78, 5) is 11.1. The highest BCUT2D eigenvalue weighted by molar-refractivity contribution is 5.59. The molecule has 3 nitrogen and oxygen atoms in total. The molecule has 1 aliphatic carbocycles. The van der Waals surface area contributed by atoms with Gasteiger partial charge < -0.3 is 9.47 Å². The molecule has 0 heterocycles. The van der Waals surface area contributed by atoms with Crippen molar-refractivity contribution < 1.29 is 14.3 Å². The molecule has 2 unspecified atom stereocenters. The highest BCUT2D eigenvalue weighted by Crippen LogP contribution is 2.35. The predicted molar refractivity (Wildman–Crippen MR) is 58.6 cm³/mol. The summed E-state index contributed by atoms with van der Waals surface area (Å²) < 4.78 is 9.88. The minimum absolute atomic E-state index is 0.0428. The normalized spacial score (nSPS) is 31.4. The quantitative estimate of drug-likeness (QED) is 0.662. The molecule has 15 heavy (non-hydrogen) atoms. The Labute approximate surface area is 92.1 Å². The molecule has 0 radical (unpaired) electrons. The van der Waals surface area contributed by atoms with Gasteiger partial charge in [0.2, 0.25) is 0 Å². The van der Waals surface area contributed by atoms with Gasteiger partial charge in [0.25, 0.3) is 0 Å². The highest BCUT2D eigenvalue weighted by Gasteiger charge is 2.33. The molecule has 0 spiro atoms. The van der Waals surface area contributed by atoms with Gasteiger partial charge >= 0.3 is 6.16 Å². The van der Waals surface area contributed by atoms with Gasteiger partial charge in [0, 0.05) is 0 Å². The van der Waals surface area contributed by atoms with E-state index in [1.165, 1.54) is 13.5 Å². The Bertz CT molecular complexity index is 213. The first-order valence-electron chi connectivity index (χ1n) is 5.79. The molecular formula is C12H22O3. The van der Waals surface area contributed by atoms with Gasteiger partial charge in [-0.05, 0) is 30.6 Å². The lowest BCUT2D eigenvalue weighted by Crippen LogP contribution is -2.35. The number of rotatable bonds is 2. The Morgan fingerprint density at radius 1 is 1.33 bits per heavy atom.